The highest BCUT2D eigenvalue weighted by Gasteiger charge is 2.13. The minimum atomic E-state index is 0.158. The van der Waals surface area contributed by atoms with Gasteiger partial charge in [-0.05, 0) is 39.0 Å². The van der Waals surface area contributed by atoms with E-state index >= 15 is 0 Å². The molecule has 0 aliphatic rings. The van der Waals surface area contributed by atoms with Gasteiger partial charge in [-0.2, -0.15) is 0 Å². The average Bonchev–Trinajstić information content (AvgIpc) is 2.77. The predicted octanol–water partition coefficient (Wildman–Crippen LogP) is 4.09. The van der Waals surface area contributed by atoms with Crippen LogP contribution in [0.3, 0.4) is 0 Å². The molecule has 0 aliphatic heterocycles. The number of hydrogen-bond acceptors (Lipinski definition) is 4. The molecule has 108 valence electrons. The molecule has 0 saturated carbocycles. The number of methoxy groups -OCH3 is 2. The number of benzene rings is 1. The molecule has 2 rings (SSSR count). The van der Waals surface area contributed by atoms with Gasteiger partial charge in [0.25, 0.3) is 0 Å². The van der Waals surface area contributed by atoms with E-state index in [1.807, 2.05) is 32.0 Å². The fourth-order valence-corrected chi connectivity index (χ4v) is 2.33. The molecule has 4 heteroatoms. The highest BCUT2D eigenvalue weighted by molar-refractivity contribution is 5.55. The molecule has 0 spiro atoms. The molecule has 1 unspecified atom stereocenters. The van der Waals surface area contributed by atoms with Crippen LogP contribution in [0.15, 0.2) is 28.7 Å². The lowest BCUT2D eigenvalue weighted by molar-refractivity contribution is 0.355. The molecular weight excluding hydrogens is 254 g/mol. The third-order valence-corrected chi connectivity index (χ3v) is 3.31. The van der Waals surface area contributed by atoms with Gasteiger partial charge in [-0.1, -0.05) is 0 Å². The van der Waals surface area contributed by atoms with Crippen molar-refractivity contribution in [2.45, 2.75) is 26.8 Å². The summed E-state index contributed by atoms with van der Waals surface area (Å²) in [7, 11) is 3.26. The Morgan fingerprint density at radius 1 is 1.05 bits per heavy atom. The van der Waals surface area contributed by atoms with Gasteiger partial charge in [0, 0.05) is 17.3 Å². The molecule has 1 atom stereocenters. The largest absolute Gasteiger partial charge is 0.493 e. The molecule has 0 fully saturated rings. The van der Waals surface area contributed by atoms with Crippen molar-refractivity contribution < 1.29 is 13.9 Å². The smallest absolute Gasteiger partial charge is 0.162 e. The zero-order valence-corrected chi connectivity index (χ0v) is 12.6. The zero-order valence-electron chi connectivity index (χ0n) is 12.6. The average molecular weight is 275 g/mol. The van der Waals surface area contributed by atoms with Crippen LogP contribution in [0.25, 0.3) is 0 Å². The lowest BCUT2D eigenvalue weighted by Gasteiger charge is -2.16. The molecule has 0 radical (unpaired) electrons. The topological polar surface area (TPSA) is 43.6 Å². The second-order valence-corrected chi connectivity index (χ2v) is 4.80. The van der Waals surface area contributed by atoms with Gasteiger partial charge < -0.3 is 19.2 Å². The molecular formula is C16H21NO3. The number of nitrogens with one attached hydrogen (secondary N) is 1. The van der Waals surface area contributed by atoms with Crippen molar-refractivity contribution in [3.8, 4) is 11.5 Å². The van der Waals surface area contributed by atoms with Crippen LogP contribution in [-0.2, 0) is 0 Å². The van der Waals surface area contributed by atoms with Crippen molar-refractivity contribution in [2.24, 2.45) is 0 Å². The van der Waals surface area contributed by atoms with Gasteiger partial charge in [-0.3, -0.25) is 0 Å². The summed E-state index contributed by atoms with van der Waals surface area (Å²) in [6, 6.07) is 8.01. The van der Waals surface area contributed by atoms with Gasteiger partial charge in [0.05, 0.1) is 20.3 Å². The minimum Gasteiger partial charge on any atom is -0.493 e. The van der Waals surface area contributed by atoms with E-state index in [1.165, 1.54) is 0 Å². The van der Waals surface area contributed by atoms with E-state index in [4.69, 9.17) is 13.9 Å². The first-order chi connectivity index (χ1) is 9.55. The molecule has 4 nitrogen and oxygen atoms in total. The minimum absolute atomic E-state index is 0.158. The molecule has 0 bridgehead atoms. The van der Waals surface area contributed by atoms with Crippen molar-refractivity contribution in [1.82, 2.24) is 0 Å². The van der Waals surface area contributed by atoms with Crippen LogP contribution in [0.2, 0.25) is 0 Å². The summed E-state index contributed by atoms with van der Waals surface area (Å²) < 4.78 is 16.1. The number of aryl methyl sites for hydroxylation is 2. The number of hydrogen-bond donors (Lipinski definition) is 1. The number of anilines is 1. The maximum Gasteiger partial charge on any atom is 0.162 e. The van der Waals surface area contributed by atoms with Gasteiger partial charge >= 0.3 is 0 Å². The Hall–Kier alpha value is -2.10. The predicted molar refractivity (Wildman–Crippen MR) is 79.8 cm³/mol. The molecule has 1 N–H and O–H groups in total. The van der Waals surface area contributed by atoms with Crippen molar-refractivity contribution in [3.63, 3.8) is 0 Å². The molecule has 2 aromatic rings. The Kier molecular flexibility index (Phi) is 4.23. The van der Waals surface area contributed by atoms with E-state index in [1.54, 1.807) is 14.2 Å². The fraction of sp³-hybridized carbons (Fsp3) is 0.375. The summed E-state index contributed by atoms with van der Waals surface area (Å²) in [5.74, 6) is 3.31. The summed E-state index contributed by atoms with van der Waals surface area (Å²) in [6.45, 7) is 6.04. The molecule has 0 aliphatic carbocycles. The van der Waals surface area contributed by atoms with Crippen molar-refractivity contribution in [1.29, 1.82) is 0 Å². The molecule has 0 amide bonds. The normalized spacial score (nSPS) is 12.1. The standard InChI is InChI=1S/C16H21NO3/c1-10-8-14(12(3)20-10)11(2)17-13-6-7-15(18-4)16(9-13)19-5/h6-9,11,17H,1-5H3. The highest BCUT2D eigenvalue weighted by Crippen LogP contribution is 2.32. The quantitative estimate of drug-likeness (QED) is 0.892. The first-order valence-corrected chi connectivity index (χ1v) is 6.60. The first kappa shape index (κ1) is 14.3. The van der Waals surface area contributed by atoms with Crippen LogP contribution in [0.4, 0.5) is 5.69 Å². The maximum atomic E-state index is 5.57. The van der Waals surface area contributed by atoms with Crippen molar-refractivity contribution in [2.75, 3.05) is 19.5 Å². The second-order valence-electron chi connectivity index (χ2n) is 4.80. The second kappa shape index (κ2) is 5.90. The van der Waals surface area contributed by atoms with Gasteiger partial charge in [0.15, 0.2) is 11.5 Å². The Bertz CT molecular complexity index is 589. The summed E-state index contributed by atoms with van der Waals surface area (Å²) >= 11 is 0. The summed E-state index contributed by atoms with van der Waals surface area (Å²) in [5, 5.41) is 3.44. The van der Waals surface area contributed by atoms with E-state index in [9.17, 15) is 0 Å². The van der Waals surface area contributed by atoms with E-state index in [0.29, 0.717) is 5.75 Å². The van der Waals surface area contributed by atoms with Crippen LogP contribution in [-0.4, -0.2) is 14.2 Å². The molecule has 1 aromatic heterocycles. The summed E-state index contributed by atoms with van der Waals surface area (Å²) in [6.07, 6.45) is 0. The van der Waals surface area contributed by atoms with E-state index < -0.39 is 0 Å². The number of furan rings is 1. The van der Waals surface area contributed by atoms with Crippen LogP contribution in [0, 0.1) is 13.8 Å². The number of ether oxygens (including phenoxy) is 2. The highest BCUT2D eigenvalue weighted by atomic mass is 16.5. The van der Waals surface area contributed by atoms with Gasteiger partial charge in [0.2, 0.25) is 0 Å². The van der Waals surface area contributed by atoms with Crippen molar-refractivity contribution in [3.05, 3.63) is 41.3 Å². The lowest BCUT2D eigenvalue weighted by atomic mass is 10.1. The van der Waals surface area contributed by atoms with Crippen LogP contribution >= 0.6 is 0 Å². The Labute approximate surface area is 119 Å². The Balaban J connectivity index is 2.19. The maximum absolute atomic E-state index is 5.57. The van der Waals surface area contributed by atoms with E-state index in [0.717, 1.165) is 28.5 Å². The Morgan fingerprint density at radius 3 is 2.30 bits per heavy atom. The first-order valence-electron chi connectivity index (χ1n) is 6.60. The molecule has 0 saturated heterocycles. The Morgan fingerprint density at radius 2 is 1.75 bits per heavy atom. The molecule has 1 aromatic carbocycles. The number of rotatable bonds is 5. The summed E-state index contributed by atoms with van der Waals surface area (Å²) in [5.41, 5.74) is 2.14. The lowest BCUT2D eigenvalue weighted by Crippen LogP contribution is -2.07. The molecule has 1 heterocycles. The van der Waals surface area contributed by atoms with Gasteiger partial charge in [-0.25, -0.2) is 0 Å². The molecule has 20 heavy (non-hydrogen) atoms. The third-order valence-electron chi connectivity index (χ3n) is 3.31. The van der Waals surface area contributed by atoms with Gasteiger partial charge in [-0.15, -0.1) is 0 Å². The van der Waals surface area contributed by atoms with E-state index in [2.05, 4.69) is 18.3 Å². The van der Waals surface area contributed by atoms with Crippen LogP contribution in [0.1, 0.15) is 30.0 Å². The fourth-order valence-electron chi connectivity index (χ4n) is 2.33. The van der Waals surface area contributed by atoms with Crippen molar-refractivity contribution >= 4 is 5.69 Å². The monoisotopic (exact) mass is 275 g/mol. The van der Waals surface area contributed by atoms with Gasteiger partial charge in [0.1, 0.15) is 11.5 Å². The summed E-state index contributed by atoms with van der Waals surface area (Å²) in [4.78, 5) is 0. The van der Waals surface area contributed by atoms with E-state index in [-0.39, 0.29) is 6.04 Å². The van der Waals surface area contributed by atoms with Crippen LogP contribution < -0.4 is 14.8 Å². The SMILES string of the molecule is COc1ccc(NC(C)c2cc(C)oc2C)cc1OC. The third kappa shape index (κ3) is 2.90. The van der Waals surface area contributed by atoms with Crippen LogP contribution in [0.5, 0.6) is 11.5 Å². The zero-order chi connectivity index (χ0) is 14.7.